The fourth-order valence-corrected chi connectivity index (χ4v) is 9.60. The predicted molar refractivity (Wildman–Crippen MR) is 118 cm³/mol. The van der Waals surface area contributed by atoms with Crippen molar-refractivity contribution < 1.29 is 0 Å². The van der Waals surface area contributed by atoms with Crippen LogP contribution in [0.25, 0.3) is 0 Å². The molecule has 0 fully saturated rings. The maximum atomic E-state index is 2.41. The van der Waals surface area contributed by atoms with Gasteiger partial charge in [0.25, 0.3) is 0 Å². The molecule has 134 valence electrons. The van der Waals surface area contributed by atoms with Gasteiger partial charge in [-0.05, 0) is 20.8 Å². The van der Waals surface area contributed by atoms with Crippen molar-refractivity contribution in [2.45, 2.75) is 25.9 Å². The molecular weight excluding hydrogens is 331 g/mol. The fourth-order valence-electron chi connectivity index (χ4n) is 4.74. The monoisotopic (exact) mass is 361 g/mol. The van der Waals surface area contributed by atoms with Crippen LogP contribution in [0.4, 0.5) is 0 Å². The zero-order chi connectivity index (χ0) is 18.5. The van der Waals surface area contributed by atoms with Crippen molar-refractivity contribution in [1.29, 1.82) is 0 Å². The van der Waals surface area contributed by atoms with Crippen LogP contribution in [0.15, 0.2) is 91.0 Å². The molecule has 0 amide bonds. The molecule has 0 unspecified atom stereocenters. The molecule has 0 radical (unpaired) electrons. The van der Waals surface area contributed by atoms with E-state index < -0.39 is 7.26 Å². The Bertz CT molecular complexity index is 684. The van der Waals surface area contributed by atoms with Crippen molar-refractivity contribution in [3.63, 3.8) is 0 Å². The normalized spacial score (nSPS) is 12.1. The molecule has 0 aromatic heterocycles. The van der Waals surface area contributed by atoms with Crippen molar-refractivity contribution in [2.75, 3.05) is 18.5 Å². The van der Waals surface area contributed by atoms with Crippen LogP contribution in [-0.4, -0.2) is 18.5 Å². The Morgan fingerprint density at radius 1 is 0.500 bits per heavy atom. The second kappa shape index (κ2) is 8.19. The third kappa shape index (κ3) is 2.91. The topological polar surface area (TPSA) is 0 Å². The van der Waals surface area contributed by atoms with E-state index in [4.69, 9.17) is 0 Å². The first-order chi connectivity index (χ1) is 12.7. The minimum atomic E-state index is -1.35. The first-order valence-corrected chi connectivity index (χ1v) is 12.1. The van der Waals surface area contributed by atoms with Gasteiger partial charge in [0.05, 0.1) is 18.5 Å². The minimum absolute atomic E-state index is 0.0466. The van der Waals surface area contributed by atoms with Crippen molar-refractivity contribution in [3.05, 3.63) is 108 Å². The Kier molecular flexibility index (Phi) is 5.94. The SMILES string of the molecule is CC[P+](CC)(CC)C(c1ccccc1)(c1ccccc1)c1ccccc1. The van der Waals surface area contributed by atoms with E-state index in [2.05, 4.69) is 112 Å². The molecule has 0 saturated heterocycles. The summed E-state index contributed by atoms with van der Waals surface area (Å²) in [5, 5.41) is -0.0466. The molecule has 3 rings (SSSR count). The summed E-state index contributed by atoms with van der Waals surface area (Å²) in [6, 6.07) is 33.7. The van der Waals surface area contributed by atoms with Gasteiger partial charge in [0.15, 0.2) is 5.16 Å². The highest BCUT2D eigenvalue weighted by molar-refractivity contribution is 7.77. The number of benzene rings is 3. The highest BCUT2D eigenvalue weighted by Crippen LogP contribution is 2.76. The van der Waals surface area contributed by atoms with Crippen LogP contribution in [0, 0.1) is 0 Å². The lowest BCUT2D eigenvalue weighted by Gasteiger charge is -2.45. The van der Waals surface area contributed by atoms with Gasteiger partial charge in [-0.3, -0.25) is 0 Å². The third-order valence-electron chi connectivity index (χ3n) is 6.10. The Morgan fingerprint density at radius 2 is 0.769 bits per heavy atom. The molecule has 0 heterocycles. The van der Waals surface area contributed by atoms with E-state index in [9.17, 15) is 0 Å². The number of hydrogen-bond acceptors (Lipinski definition) is 0. The third-order valence-corrected chi connectivity index (χ3v) is 11.9. The van der Waals surface area contributed by atoms with E-state index in [-0.39, 0.29) is 5.16 Å². The van der Waals surface area contributed by atoms with Crippen molar-refractivity contribution in [2.24, 2.45) is 0 Å². The lowest BCUT2D eigenvalue weighted by molar-refractivity contribution is 0.847. The van der Waals surface area contributed by atoms with E-state index in [0.29, 0.717) is 0 Å². The second-order valence-electron chi connectivity index (χ2n) is 6.90. The largest absolute Gasteiger partial charge is 0.154 e. The van der Waals surface area contributed by atoms with E-state index in [0.717, 1.165) is 0 Å². The quantitative estimate of drug-likeness (QED) is 0.312. The Hall–Kier alpha value is -1.91. The van der Waals surface area contributed by atoms with Crippen LogP contribution in [0.1, 0.15) is 37.5 Å². The Labute approximate surface area is 159 Å². The van der Waals surface area contributed by atoms with Gasteiger partial charge in [-0.1, -0.05) is 91.0 Å². The summed E-state index contributed by atoms with van der Waals surface area (Å²) in [7, 11) is -1.35. The highest BCUT2D eigenvalue weighted by atomic mass is 31.2. The molecule has 0 aliphatic rings. The smallest absolute Gasteiger partial charge is 0.0622 e. The van der Waals surface area contributed by atoms with Crippen LogP contribution >= 0.6 is 7.26 Å². The number of hydrogen-bond donors (Lipinski definition) is 0. The summed E-state index contributed by atoms with van der Waals surface area (Å²) in [5.41, 5.74) is 4.32. The maximum Gasteiger partial charge on any atom is 0.154 e. The van der Waals surface area contributed by atoms with Crippen molar-refractivity contribution in [3.8, 4) is 0 Å². The van der Waals surface area contributed by atoms with Gasteiger partial charge in [-0.15, -0.1) is 0 Å². The standard InChI is InChI=1S/C25H30P/c1-4-26(5-2,6-3)25(22-16-10-7-11-17-22,23-18-12-8-13-19-23)24-20-14-9-15-21-24/h7-21H,4-6H2,1-3H3/q+1. The first-order valence-electron chi connectivity index (χ1n) is 9.78. The first kappa shape index (κ1) is 18.9. The van der Waals surface area contributed by atoms with Crippen LogP contribution in [0.5, 0.6) is 0 Å². The van der Waals surface area contributed by atoms with E-state index >= 15 is 0 Å². The molecule has 0 nitrogen and oxygen atoms in total. The van der Waals surface area contributed by atoms with E-state index in [1.54, 1.807) is 0 Å². The van der Waals surface area contributed by atoms with Crippen LogP contribution < -0.4 is 0 Å². The molecule has 3 aromatic carbocycles. The Balaban J connectivity index is 2.47. The second-order valence-corrected chi connectivity index (χ2v) is 11.8. The molecule has 0 spiro atoms. The molecule has 0 aliphatic heterocycles. The van der Waals surface area contributed by atoms with Gasteiger partial charge in [0, 0.05) is 24.0 Å². The molecule has 0 saturated carbocycles. The van der Waals surface area contributed by atoms with Crippen LogP contribution in [0.2, 0.25) is 0 Å². The lowest BCUT2D eigenvalue weighted by Crippen LogP contribution is -2.35. The molecule has 3 aromatic rings. The molecule has 26 heavy (non-hydrogen) atoms. The zero-order valence-electron chi connectivity index (χ0n) is 16.2. The molecular formula is C25H30P+. The molecule has 0 atom stereocenters. The Morgan fingerprint density at radius 3 is 1.00 bits per heavy atom. The van der Waals surface area contributed by atoms with Crippen molar-refractivity contribution >= 4 is 7.26 Å². The fraction of sp³-hybridized carbons (Fsp3) is 0.280. The van der Waals surface area contributed by atoms with E-state index in [1.165, 1.54) is 35.2 Å². The van der Waals surface area contributed by atoms with E-state index in [1.807, 2.05) is 0 Å². The van der Waals surface area contributed by atoms with Gasteiger partial charge >= 0.3 is 0 Å². The van der Waals surface area contributed by atoms with Gasteiger partial charge in [0.1, 0.15) is 0 Å². The van der Waals surface area contributed by atoms with Gasteiger partial charge in [-0.2, -0.15) is 0 Å². The highest BCUT2D eigenvalue weighted by Gasteiger charge is 2.57. The van der Waals surface area contributed by atoms with Crippen LogP contribution in [-0.2, 0) is 5.16 Å². The van der Waals surface area contributed by atoms with Crippen molar-refractivity contribution in [1.82, 2.24) is 0 Å². The summed E-state index contributed by atoms with van der Waals surface area (Å²) in [6.45, 7) is 7.22. The average Bonchev–Trinajstić information content (AvgIpc) is 2.74. The minimum Gasteiger partial charge on any atom is -0.0622 e. The average molecular weight is 361 g/mol. The summed E-state index contributed by atoms with van der Waals surface area (Å²) < 4.78 is 0. The summed E-state index contributed by atoms with van der Waals surface area (Å²) in [5.74, 6) is 0. The molecule has 0 N–H and O–H groups in total. The predicted octanol–water partition coefficient (Wildman–Crippen LogP) is 7.06. The molecule has 1 heteroatoms. The summed E-state index contributed by atoms with van der Waals surface area (Å²) in [4.78, 5) is 0. The zero-order valence-corrected chi connectivity index (χ0v) is 17.1. The maximum absolute atomic E-state index is 2.41. The number of rotatable bonds is 7. The van der Waals surface area contributed by atoms with Gasteiger partial charge in [-0.25, -0.2) is 0 Å². The summed E-state index contributed by atoms with van der Waals surface area (Å²) in [6.07, 6.45) is 3.75. The van der Waals surface area contributed by atoms with Gasteiger partial charge < -0.3 is 0 Å². The molecule has 0 aliphatic carbocycles. The summed E-state index contributed by atoms with van der Waals surface area (Å²) >= 11 is 0. The lowest BCUT2D eigenvalue weighted by atomic mass is 9.84. The van der Waals surface area contributed by atoms with Gasteiger partial charge in [0.2, 0.25) is 0 Å². The van der Waals surface area contributed by atoms with Crippen LogP contribution in [0.3, 0.4) is 0 Å². The molecule has 0 bridgehead atoms.